The third-order valence-electron chi connectivity index (χ3n) is 6.18. The van der Waals surface area contributed by atoms with Crippen molar-refractivity contribution in [1.29, 1.82) is 5.26 Å². The summed E-state index contributed by atoms with van der Waals surface area (Å²) in [5, 5.41) is 10.1. The number of amides is 1. The number of hydrogen-bond donors (Lipinski definition) is 0. The van der Waals surface area contributed by atoms with Gasteiger partial charge in [-0.15, -0.1) is 0 Å². The van der Waals surface area contributed by atoms with Crippen molar-refractivity contribution in [1.82, 2.24) is 9.80 Å². The van der Waals surface area contributed by atoms with E-state index in [-0.39, 0.29) is 23.9 Å². The predicted octanol–water partition coefficient (Wildman–Crippen LogP) is 2.71. The molecule has 1 aromatic carbocycles. The number of benzene rings is 1. The van der Waals surface area contributed by atoms with Crippen LogP contribution in [0.25, 0.3) is 0 Å². The minimum atomic E-state index is 0.0265. The summed E-state index contributed by atoms with van der Waals surface area (Å²) in [6, 6.07) is 8.56. The molecule has 25 heavy (non-hydrogen) atoms. The largest absolute Gasteiger partial charge is 0.371 e. The molecule has 5 nitrogen and oxygen atoms in total. The number of hydrogen-bond acceptors (Lipinski definition) is 4. The molecule has 4 atom stereocenters. The Hall–Kier alpha value is -1.93. The summed E-state index contributed by atoms with van der Waals surface area (Å²) < 4.78 is 0. The van der Waals surface area contributed by atoms with Crippen LogP contribution in [0.2, 0.25) is 5.02 Å². The van der Waals surface area contributed by atoms with Crippen LogP contribution in [0.15, 0.2) is 24.3 Å². The van der Waals surface area contributed by atoms with Crippen LogP contribution in [-0.2, 0) is 4.79 Å². The Morgan fingerprint density at radius 2 is 2.20 bits per heavy atom. The van der Waals surface area contributed by atoms with Gasteiger partial charge in [0.25, 0.3) is 0 Å². The average molecular weight is 359 g/mol. The monoisotopic (exact) mass is 358 g/mol. The van der Waals surface area contributed by atoms with Crippen LogP contribution < -0.4 is 4.90 Å². The summed E-state index contributed by atoms with van der Waals surface area (Å²) in [4.78, 5) is 19.1. The predicted molar refractivity (Wildman–Crippen MR) is 97.2 cm³/mol. The van der Waals surface area contributed by atoms with Crippen molar-refractivity contribution >= 4 is 23.2 Å². The first-order chi connectivity index (χ1) is 12.1. The Labute approximate surface area is 153 Å². The third kappa shape index (κ3) is 2.83. The standard InChI is InChI=1S/C19H23ClN4O/c1-22(18-10-16-5-6-17(18)24(16)12-21)19(25)13-7-8-23(11-13)15-4-2-3-14(20)9-15/h2-4,9,13,16-18H,5-8,10-11H2,1H3/t13-,16+,17-,18-/m1/s1. The summed E-state index contributed by atoms with van der Waals surface area (Å²) >= 11 is 6.09. The quantitative estimate of drug-likeness (QED) is 0.779. The first kappa shape index (κ1) is 16.5. The molecule has 1 aromatic rings. The van der Waals surface area contributed by atoms with E-state index in [2.05, 4.69) is 11.1 Å². The lowest BCUT2D eigenvalue weighted by Crippen LogP contribution is -2.47. The van der Waals surface area contributed by atoms with E-state index in [1.807, 2.05) is 41.1 Å². The molecule has 3 saturated heterocycles. The van der Waals surface area contributed by atoms with Crippen molar-refractivity contribution in [2.75, 3.05) is 25.0 Å². The first-order valence-electron chi connectivity index (χ1n) is 9.03. The lowest BCUT2D eigenvalue weighted by Gasteiger charge is -2.32. The summed E-state index contributed by atoms with van der Waals surface area (Å²) in [7, 11) is 1.92. The van der Waals surface area contributed by atoms with Crippen molar-refractivity contribution < 1.29 is 4.79 Å². The lowest BCUT2D eigenvalue weighted by molar-refractivity contribution is -0.136. The zero-order valence-electron chi connectivity index (χ0n) is 14.4. The lowest BCUT2D eigenvalue weighted by atomic mass is 9.93. The topological polar surface area (TPSA) is 50.6 Å². The van der Waals surface area contributed by atoms with Crippen molar-refractivity contribution in [2.45, 2.75) is 43.8 Å². The second-order valence-corrected chi connectivity index (χ2v) is 7.91. The Bertz CT molecular complexity index is 718. The number of likely N-dealkylation sites (N-methyl/N-ethyl adjacent to an activating group) is 1. The van der Waals surface area contributed by atoms with E-state index in [0.717, 1.165) is 49.5 Å². The van der Waals surface area contributed by atoms with E-state index in [0.29, 0.717) is 6.04 Å². The summed E-state index contributed by atoms with van der Waals surface area (Å²) in [6.07, 6.45) is 6.25. The van der Waals surface area contributed by atoms with Gasteiger partial charge in [0, 0.05) is 36.9 Å². The van der Waals surface area contributed by atoms with E-state index in [1.165, 1.54) is 0 Å². The maximum atomic E-state index is 13.0. The molecule has 3 aliphatic heterocycles. The van der Waals surface area contributed by atoms with Crippen LogP contribution in [0.1, 0.15) is 25.7 Å². The average Bonchev–Trinajstić information content (AvgIpc) is 3.34. The van der Waals surface area contributed by atoms with Crippen LogP contribution in [0.4, 0.5) is 5.69 Å². The maximum absolute atomic E-state index is 13.0. The molecule has 0 aromatic heterocycles. The van der Waals surface area contributed by atoms with E-state index in [1.54, 1.807) is 0 Å². The van der Waals surface area contributed by atoms with Gasteiger partial charge in [-0.1, -0.05) is 17.7 Å². The molecular formula is C19H23ClN4O. The molecule has 4 rings (SSSR count). The number of fused-ring (bicyclic) bond motifs is 2. The van der Waals surface area contributed by atoms with Gasteiger partial charge in [0.05, 0.1) is 18.0 Å². The fraction of sp³-hybridized carbons (Fsp3) is 0.579. The van der Waals surface area contributed by atoms with Gasteiger partial charge in [0.1, 0.15) is 0 Å². The summed E-state index contributed by atoms with van der Waals surface area (Å²) in [5.74, 6) is 0.249. The van der Waals surface area contributed by atoms with E-state index in [9.17, 15) is 10.1 Å². The highest BCUT2D eigenvalue weighted by Crippen LogP contribution is 2.40. The van der Waals surface area contributed by atoms with Gasteiger partial charge in [0.2, 0.25) is 5.91 Å². The van der Waals surface area contributed by atoms with E-state index < -0.39 is 0 Å². The van der Waals surface area contributed by atoms with Crippen LogP contribution >= 0.6 is 11.6 Å². The number of nitriles is 1. The molecule has 3 aliphatic rings. The number of anilines is 1. The van der Waals surface area contributed by atoms with Crippen molar-refractivity contribution in [3.8, 4) is 6.19 Å². The van der Waals surface area contributed by atoms with Gasteiger partial charge in [0.15, 0.2) is 6.19 Å². The van der Waals surface area contributed by atoms with Crippen LogP contribution in [0.3, 0.4) is 0 Å². The zero-order valence-corrected chi connectivity index (χ0v) is 15.2. The Morgan fingerprint density at radius 1 is 1.36 bits per heavy atom. The smallest absolute Gasteiger partial charge is 0.227 e. The van der Waals surface area contributed by atoms with Gasteiger partial charge in [-0.2, -0.15) is 5.26 Å². The summed E-state index contributed by atoms with van der Waals surface area (Å²) in [5.41, 5.74) is 1.08. The highest BCUT2D eigenvalue weighted by Gasteiger charge is 2.49. The minimum absolute atomic E-state index is 0.0265. The Balaban J connectivity index is 1.41. The highest BCUT2D eigenvalue weighted by molar-refractivity contribution is 6.30. The molecule has 2 bridgehead atoms. The van der Waals surface area contributed by atoms with Crippen LogP contribution in [0, 0.1) is 17.4 Å². The first-order valence-corrected chi connectivity index (χ1v) is 9.41. The Kier molecular flexibility index (Phi) is 4.24. The molecule has 3 heterocycles. The molecule has 0 saturated carbocycles. The van der Waals surface area contributed by atoms with Gasteiger partial charge in [-0.3, -0.25) is 4.79 Å². The number of halogens is 1. The SMILES string of the molecule is CN(C(=O)[C@@H]1CCN(c2cccc(Cl)c2)C1)[C@@H]1C[C@@H]2CC[C@H]1N2C#N. The second-order valence-electron chi connectivity index (χ2n) is 7.47. The van der Waals surface area contributed by atoms with E-state index in [4.69, 9.17) is 11.6 Å². The third-order valence-corrected chi connectivity index (χ3v) is 6.41. The normalized spacial score (nSPS) is 30.6. The molecule has 0 radical (unpaired) electrons. The van der Waals surface area contributed by atoms with Crippen LogP contribution in [-0.4, -0.2) is 54.0 Å². The van der Waals surface area contributed by atoms with Gasteiger partial charge in [-0.05, 0) is 43.9 Å². The van der Waals surface area contributed by atoms with Crippen molar-refractivity contribution in [3.05, 3.63) is 29.3 Å². The number of carbonyl (C=O) groups excluding carboxylic acids is 1. The van der Waals surface area contributed by atoms with Gasteiger partial charge < -0.3 is 14.7 Å². The van der Waals surface area contributed by atoms with Crippen LogP contribution in [0.5, 0.6) is 0 Å². The molecule has 0 N–H and O–H groups in total. The molecule has 6 heteroatoms. The molecule has 0 spiro atoms. The molecule has 0 unspecified atom stereocenters. The maximum Gasteiger partial charge on any atom is 0.227 e. The number of carbonyl (C=O) groups is 1. The molecule has 3 fully saturated rings. The fourth-order valence-electron chi connectivity index (χ4n) is 4.85. The molecule has 1 amide bonds. The molecular weight excluding hydrogens is 336 g/mol. The Morgan fingerprint density at radius 3 is 2.92 bits per heavy atom. The molecule has 0 aliphatic carbocycles. The van der Waals surface area contributed by atoms with Crippen molar-refractivity contribution in [2.24, 2.45) is 5.92 Å². The zero-order chi connectivity index (χ0) is 17.6. The van der Waals surface area contributed by atoms with E-state index >= 15 is 0 Å². The number of nitrogens with zero attached hydrogens (tertiary/aromatic N) is 4. The van der Waals surface area contributed by atoms with Gasteiger partial charge in [-0.25, -0.2) is 0 Å². The second kappa shape index (κ2) is 6.42. The highest BCUT2D eigenvalue weighted by atomic mass is 35.5. The van der Waals surface area contributed by atoms with Crippen molar-refractivity contribution in [3.63, 3.8) is 0 Å². The number of rotatable bonds is 3. The van der Waals surface area contributed by atoms with Gasteiger partial charge >= 0.3 is 0 Å². The fourth-order valence-corrected chi connectivity index (χ4v) is 5.03. The summed E-state index contributed by atoms with van der Waals surface area (Å²) in [6.45, 7) is 1.62. The minimum Gasteiger partial charge on any atom is -0.371 e. The molecule has 132 valence electrons.